The molecule has 1 nitrogen and oxygen atoms in total. The molecule has 1 aromatic carbocycles. The Morgan fingerprint density at radius 3 is 2.68 bits per heavy atom. The van der Waals surface area contributed by atoms with Crippen molar-refractivity contribution in [1.82, 2.24) is 5.32 Å². The van der Waals surface area contributed by atoms with E-state index in [0.717, 1.165) is 0 Å². The van der Waals surface area contributed by atoms with Gasteiger partial charge >= 0.3 is 0 Å². The first-order chi connectivity index (χ1) is 8.99. The highest BCUT2D eigenvalue weighted by Crippen LogP contribution is 2.27. The molecule has 0 saturated carbocycles. The first-order valence-electron chi connectivity index (χ1n) is 6.22. The van der Waals surface area contributed by atoms with Crippen LogP contribution in [0.1, 0.15) is 33.8 Å². The van der Waals surface area contributed by atoms with E-state index in [1.807, 2.05) is 0 Å². The van der Waals surface area contributed by atoms with Gasteiger partial charge in [0.05, 0.1) is 0 Å². The molecule has 1 unspecified atom stereocenters. The Morgan fingerprint density at radius 1 is 1.37 bits per heavy atom. The van der Waals surface area contributed by atoms with Gasteiger partial charge in [-0.1, -0.05) is 17.7 Å². The predicted molar refractivity (Wildman–Crippen MR) is 80.5 cm³/mol. The molecule has 0 bridgehead atoms. The number of benzene rings is 1. The first kappa shape index (κ1) is 14.5. The maximum absolute atomic E-state index is 13.7. The lowest BCUT2D eigenvalue weighted by atomic mass is 10.1. The lowest BCUT2D eigenvalue weighted by Gasteiger charge is -2.15. The molecule has 1 atom stereocenters. The van der Waals surface area contributed by atoms with Gasteiger partial charge in [0.15, 0.2) is 0 Å². The van der Waals surface area contributed by atoms with Crippen molar-refractivity contribution in [3.8, 4) is 0 Å². The number of thiophene rings is 1. The molecule has 0 aliphatic heterocycles. The summed E-state index contributed by atoms with van der Waals surface area (Å²) >= 11 is 7.80. The summed E-state index contributed by atoms with van der Waals surface area (Å²) in [6.45, 7) is 6.73. The molecular formula is C15H17ClFNS. The van der Waals surface area contributed by atoms with Crippen molar-refractivity contribution in [2.45, 2.75) is 33.4 Å². The van der Waals surface area contributed by atoms with Gasteiger partial charge in [0.1, 0.15) is 5.82 Å². The third-order valence-electron chi connectivity index (χ3n) is 3.19. The van der Waals surface area contributed by atoms with Gasteiger partial charge in [-0.05, 0) is 44.5 Å². The molecule has 0 spiro atoms. The van der Waals surface area contributed by atoms with Crippen molar-refractivity contribution in [1.29, 1.82) is 0 Å². The molecule has 0 radical (unpaired) electrons. The lowest BCUT2D eigenvalue weighted by molar-refractivity contribution is 0.544. The van der Waals surface area contributed by atoms with E-state index in [0.29, 0.717) is 17.1 Å². The smallest absolute Gasteiger partial charge is 0.129 e. The molecule has 19 heavy (non-hydrogen) atoms. The number of rotatable bonds is 4. The molecule has 2 rings (SSSR count). The SMILES string of the molecule is Cc1cc(C(C)NCc2c(F)cccc2Cl)c(C)s1. The van der Waals surface area contributed by atoms with Crippen LogP contribution in [0.4, 0.5) is 4.39 Å². The molecule has 102 valence electrons. The summed E-state index contributed by atoms with van der Waals surface area (Å²) in [5.74, 6) is -0.259. The second-order valence-corrected chi connectivity index (χ2v) is 6.54. The summed E-state index contributed by atoms with van der Waals surface area (Å²) in [6, 6.07) is 7.14. The van der Waals surface area contributed by atoms with E-state index in [4.69, 9.17) is 11.6 Å². The highest BCUT2D eigenvalue weighted by Gasteiger charge is 2.13. The molecular weight excluding hydrogens is 281 g/mol. The zero-order valence-electron chi connectivity index (χ0n) is 11.3. The van der Waals surface area contributed by atoms with Gasteiger partial charge in [-0.2, -0.15) is 0 Å². The van der Waals surface area contributed by atoms with E-state index in [-0.39, 0.29) is 11.9 Å². The molecule has 0 aliphatic rings. The fraction of sp³-hybridized carbons (Fsp3) is 0.333. The molecule has 4 heteroatoms. The average Bonchev–Trinajstić information content (AvgIpc) is 2.67. The van der Waals surface area contributed by atoms with Crippen LogP contribution in [0.5, 0.6) is 0 Å². The minimum Gasteiger partial charge on any atom is -0.306 e. The third kappa shape index (κ3) is 3.35. The summed E-state index contributed by atoms with van der Waals surface area (Å²) in [4.78, 5) is 2.60. The van der Waals surface area contributed by atoms with Gasteiger partial charge in [0.25, 0.3) is 0 Å². The molecule has 2 aromatic rings. The molecule has 0 saturated heterocycles. The Balaban J connectivity index is 2.08. The Labute approximate surface area is 122 Å². The van der Waals surface area contributed by atoms with Crippen LogP contribution in [0, 0.1) is 19.7 Å². The predicted octanol–water partition coefficient (Wildman–Crippen LogP) is 5.01. The first-order valence-corrected chi connectivity index (χ1v) is 7.41. The molecule has 0 aliphatic carbocycles. The largest absolute Gasteiger partial charge is 0.306 e. The fourth-order valence-electron chi connectivity index (χ4n) is 2.15. The van der Waals surface area contributed by atoms with Gasteiger partial charge in [-0.3, -0.25) is 0 Å². The van der Waals surface area contributed by atoms with Crippen LogP contribution < -0.4 is 5.32 Å². The lowest BCUT2D eigenvalue weighted by Crippen LogP contribution is -2.19. The highest BCUT2D eigenvalue weighted by molar-refractivity contribution is 7.12. The monoisotopic (exact) mass is 297 g/mol. The van der Waals surface area contributed by atoms with Crippen molar-refractivity contribution in [3.05, 3.63) is 56.0 Å². The van der Waals surface area contributed by atoms with Crippen LogP contribution in [0.25, 0.3) is 0 Å². The van der Waals surface area contributed by atoms with Gasteiger partial charge in [-0.25, -0.2) is 4.39 Å². The van der Waals surface area contributed by atoms with Crippen LogP contribution in [0.3, 0.4) is 0 Å². The average molecular weight is 298 g/mol. The summed E-state index contributed by atoms with van der Waals surface area (Å²) in [6.07, 6.45) is 0. The van der Waals surface area contributed by atoms with Crippen LogP contribution in [-0.4, -0.2) is 0 Å². The maximum Gasteiger partial charge on any atom is 0.129 e. The van der Waals surface area contributed by atoms with E-state index in [9.17, 15) is 4.39 Å². The quantitative estimate of drug-likeness (QED) is 0.836. The van der Waals surface area contributed by atoms with Gasteiger partial charge < -0.3 is 5.32 Å². The standard InChI is InChI=1S/C15H17ClFNS/c1-9-7-12(11(3)19-9)10(2)18-8-13-14(16)5-4-6-15(13)17/h4-7,10,18H,8H2,1-3H3. The minimum atomic E-state index is -0.259. The van der Waals surface area contributed by atoms with Crippen LogP contribution in [0.15, 0.2) is 24.3 Å². The van der Waals surface area contributed by atoms with Crippen molar-refractivity contribution in [3.63, 3.8) is 0 Å². The van der Waals surface area contributed by atoms with E-state index >= 15 is 0 Å². The van der Waals surface area contributed by atoms with E-state index < -0.39 is 0 Å². The summed E-state index contributed by atoms with van der Waals surface area (Å²) in [7, 11) is 0. The molecule has 0 amide bonds. The minimum absolute atomic E-state index is 0.181. The van der Waals surface area contributed by atoms with Gasteiger partial charge in [0.2, 0.25) is 0 Å². The Hall–Kier alpha value is -0.900. The van der Waals surface area contributed by atoms with Crippen molar-refractivity contribution >= 4 is 22.9 Å². The molecule has 1 aromatic heterocycles. The maximum atomic E-state index is 13.7. The van der Waals surface area contributed by atoms with Crippen molar-refractivity contribution < 1.29 is 4.39 Å². The molecule has 1 heterocycles. The fourth-order valence-corrected chi connectivity index (χ4v) is 3.40. The summed E-state index contributed by atoms with van der Waals surface area (Å²) < 4.78 is 13.7. The number of nitrogens with one attached hydrogen (secondary N) is 1. The normalized spacial score (nSPS) is 12.7. The number of halogens is 2. The van der Waals surface area contributed by atoms with Crippen molar-refractivity contribution in [2.24, 2.45) is 0 Å². The van der Waals surface area contributed by atoms with E-state index in [2.05, 4.69) is 32.2 Å². The summed E-state index contributed by atoms with van der Waals surface area (Å²) in [5, 5.41) is 3.80. The Kier molecular flexibility index (Phi) is 4.61. The number of hydrogen-bond acceptors (Lipinski definition) is 2. The summed E-state index contributed by atoms with van der Waals surface area (Å²) in [5.41, 5.74) is 1.80. The topological polar surface area (TPSA) is 12.0 Å². The third-order valence-corrected chi connectivity index (χ3v) is 4.53. The van der Waals surface area contributed by atoms with E-state index in [1.54, 1.807) is 23.5 Å². The number of aryl methyl sites for hydroxylation is 2. The van der Waals surface area contributed by atoms with Crippen LogP contribution >= 0.6 is 22.9 Å². The van der Waals surface area contributed by atoms with Crippen LogP contribution in [-0.2, 0) is 6.54 Å². The van der Waals surface area contributed by atoms with Crippen LogP contribution in [0.2, 0.25) is 5.02 Å². The zero-order valence-corrected chi connectivity index (χ0v) is 12.8. The zero-order chi connectivity index (χ0) is 14.0. The molecule has 0 fully saturated rings. The highest BCUT2D eigenvalue weighted by atomic mass is 35.5. The van der Waals surface area contributed by atoms with Gasteiger partial charge in [-0.15, -0.1) is 11.3 Å². The second kappa shape index (κ2) is 6.04. The Morgan fingerprint density at radius 2 is 2.11 bits per heavy atom. The Bertz CT molecular complexity index is 559. The molecule has 1 N–H and O–H groups in total. The van der Waals surface area contributed by atoms with Gasteiger partial charge in [0, 0.05) is 32.9 Å². The second-order valence-electron chi connectivity index (χ2n) is 4.67. The van der Waals surface area contributed by atoms with E-state index in [1.165, 1.54) is 21.4 Å². The van der Waals surface area contributed by atoms with Crippen molar-refractivity contribution in [2.75, 3.05) is 0 Å². The number of hydrogen-bond donors (Lipinski definition) is 1.